The molecule has 212 valence electrons. The van der Waals surface area contributed by atoms with Crippen LogP contribution in [0.1, 0.15) is 36.3 Å². The lowest BCUT2D eigenvalue weighted by Gasteiger charge is -2.15. The van der Waals surface area contributed by atoms with Crippen molar-refractivity contribution in [3.63, 3.8) is 0 Å². The van der Waals surface area contributed by atoms with Gasteiger partial charge in [0.05, 0.1) is 16.6 Å². The molecule has 0 saturated heterocycles. The standard InChI is InChI=1S/C32H32ClFN4O2S/c1-3-13-35-28(19-41-2)31-12-11-29(40-31)23-8-9-27-25(16-23)32(38-20-37-27)36-17-21-7-10-30(26(33)15-21)39-18-22-5-4-6-24(34)14-22/h4-12,14-16,20,28,35H,3,13,17-19H2,1-2H3,(H,36,37,38). The minimum absolute atomic E-state index is 0.171. The van der Waals surface area contributed by atoms with E-state index in [4.69, 9.17) is 20.8 Å². The summed E-state index contributed by atoms with van der Waals surface area (Å²) >= 11 is 8.29. The van der Waals surface area contributed by atoms with Crippen LogP contribution in [0.3, 0.4) is 0 Å². The molecule has 0 bridgehead atoms. The highest BCUT2D eigenvalue weighted by atomic mass is 35.5. The van der Waals surface area contributed by atoms with Gasteiger partial charge in [0.15, 0.2) is 0 Å². The van der Waals surface area contributed by atoms with Crippen molar-refractivity contribution in [3.8, 4) is 17.1 Å². The maximum atomic E-state index is 13.4. The molecule has 0 amide bonds. The highest BCUT2D eigenvalue weighted by Crippen LogP contribution is 2.31. The van der Waals surface area contributed by atoms with Crippen LogP contribution < -0.4 is 15.4 Å². The monoisotopic (exact) mass is 590 g/mol. The lowest BCUT2D eigenvalue weighted by Crippen LogP contribution is -2.23. The van der Waals surface area contributed by atoms with Gasteiger partial charge in [-0.2, -0.15) is 11.8 Å². The Kier molecular flexibility index (Phi) is 9.77. The predicted octanol–water partition coefficient (Wildman–Crippen LogP) is 8.28. The van der Waals surface area contributed by atoms with Crippen molar-refractivity contribution in [1.29, 1.82) is 0 Å². The van der Waals surface area contributed by atoms with Gasteiger partial charge in [-0.15, -0.1) is 0 Å². The number of anilines is 1. The second kappa shape index (κ2) is 13.9. The van der Waals surface area contributed by atoms with Crippen molar-refractivity contribution >= 4 is 40.1 Å². The summed E-state index contributed by atoms with van der Waals surface area (Å²) in [4.78, 5) is 8.95. The maximum Gasteiger partial charge on any atom is 0.138 e. The van der Waals surface area contributed by atoms with E-state index in [9.17, 15) is 4.39 Å². The topological polar surface area (TPSA) is 72.2 Å². The second-order valence-electron chi connectivity index (χ2n) is 9.66. The minimum atomic E-state index is -0.295. The number of nitrogens with one attached hydrogen (secondary N) is 2. The van der Waals surface area contributed by atoms with Crippen LogP contribution in [-0.2, 0) is 13.2 Å². The van der Waals surface area contributed by atoms with Crippen LogP contribution >= 0.6 is 23.4 Å². The molecule has 0 spiro atoms. The zero-order valence-corrected chi connectivity index (χ0v) is 24.6. The van der Waals surface area contributed by atoms with Crippen molar-refractivity contribution in [3.05, 3.63) is 107 Å². The van der Waals surface area contributed by atoms with Crippen LogP contribution in [0, 0.1) is 5.82 Å². The summed E-state index contributed by atoms with van der Waals surface area (Å²) in [5.74, 6) is 3.65. The lowest BCUT2D eigenvalue weighted by atomic mass is 10.1. The molecule has 0 aliphatic rings. The Bertz CT molecular complexity index is 1610. The van der Waals surface area contributed by atoms with E-state index in [-0.39, 0.29) is 18.5 Å². The summed E-state index contributed by atoms with van der Waals surface area (Å²) in [7, 11) is 0. The van der Waals surface area contributed by atoms with Gasteiger partial charge in [0, 0.05) is 23.2 Å². The Morgan fingerprint density at radius 1 is 1.02 bits per heavy atom. The number of halogens is 2. The molecule has 9 heteroatoms. The number of nitrogens with zero attached hydrogens (tertiary/aromatic N) is 2. The van der Waals surface area contributed by atoms with E-state index in [1.807, 2.05) is 42.5 Å². The minimum Gasteiger partial charge on any atom is -0.487 e. The van der Waals surface area contributed by atoms with Crippen LogP contribution in [-0.4, -0.2) is 28.5 Å². The van der Waals surface area contributed by atoms with Crippen LogP contribution in [0.2, 0.25) is 5.02 Å². The first-order valence-electron chi connectivity index (χ1n) is 13.5. The average Bonchev–Trinajstić information content (AvgIpc) is 3.48. The van der Waals surface area contributed by atoms with E-state index in [2.05, 4.69) is 45.9 Å². The van der Waals surface area contributed by atoms with Gasteiger partial charge in [0.1, 0.15) is 41.8 Å². The zero-order valence-electron chi connectivity index (χ0n) is 23.0. The molecular weight excluding hydrogens is 559 g/mol. The second-order valence-corrected chi connectivity index (χ2v) is 11.0. The van der Waals surface area contributed by atoms with Gasteiger partial charge < -0.3 is 19.8 Å². The number of rotatable bonds is 13. The highest BCUT2D eigenvalue weighted by molar-refractivity contribution is 7.98. The first-order valence-corrected chi connectivity index (χ1v) is 15.3. The number of ether oxygens (including phenoxy) is 1. The molecule has 0 aliphatic carbocycles. The molecule has 0 aliphatic heterocycles. The largest absolute Gasteiger partial charge is 0.487 e. The van der Waals surface area contributed by atoms with E-state index in [0.29, 0.717) is 17.3 Å². The average molecular weight is 591 g/mol. The van der Waals surface area contributed by atoms with Gasteiger partial charge >= 0.3 is 0 Å². The van der Waals surface area contributed by atoms with E-state index >= 15 is 0 Å². The summed E-state index contributed by atoms with van der Waals surface area (Å²) in [6.07, 6.45) is 4.73. The summed E-state index contributed by atoms with van der Waals surface area (Å²) in [5.41, 5.74) is 3.50. The number of thioether (sulfide) groups is 1. The number of furan rings is 1. The third-order valence-electron chi connectivity index (χ3n) is 6.60. The molecule has 41 heavy (non-hydrogen) atoms. The quantitative estimate of drug-likeness (QED) is 0.143. The van der Waals surface area contributed by atoms with Crippen LogP contribution in [0.15, 0.2) is 83.5 Å². The Morgan fingerprint density at radius 2 is 1.93 bits per heavy atom. The molecule has 5 rings (SSSR count). The van der Waals surface area contributed by atoms with Gasteiger partial charge in [0.25, 0.3) is 0 Å². The molecule has 6 nitrogen and oxygen atoms in total. The molecule has 5 aromatic rings. The molecule has 2 heterocycles. The smallest absolute Gasteiger partial charge is 0.138 e. The van der Waals surface area contributed by atoms with Crippen LogP contribution in [0.25, 0.3) is 22.2 Å². The van der Waals surface area contributed by atoms with Crippen LogP contribution in [0.4, 0.5) is 10.2 Å². The van der Waals surface area contributed by atoms with Gasteiger partial charge in [0.2, 0.25) is 0 Å². The SMILES string of the molecule is CCCNC(CSC)c1ccc(-c2ccc3ncnc(NCc4ccc(OCc5cccc(F)c5)c(Cl)c4)c3c2)o1. The maximum absolute atomic E-state index is 13.4. The molecule has 1 unspecified atom stereocenters. The number of aromatic nitrogens is 2. The number of hydrogen-bond acceptors (Lipinski definition) is 7. The third-order valence-corrected chi connectivity index (χ3v) is 7.57. The first kappa shape index (κ1) is 28.9. The fraction of sp³-hybridized carbons (Fsp3) is 0.250. The summed E-state index contributed by atoms with van der Waals surface area (Å²) in [6, 6.07) is 22.2. The predicted molar refractivity (Wildman–Crippen MR) is 166 cm³/mol. The van der Waals surface area contributed by atoms with Gasteiger partial charge in [-0.1, -0.05) is 36.7 Å². The molecule has 0 saturated carbocycles. The van der Waals surface area contributed by atoms with Gasteiger partial charge in [-0.25, -0.2) is 14.4 Å². The molecule has 2 aromatic heterocycles. The zero-order chi connectivity index (χ0) is 28.6. The molecule has 1 atom stereocenters. The normalized spacial score (nSPS) is 12.0. The fourth-order valence-electron chi connectivity index (χ4n) is 4.52. The summed E-state index contributed by atoms with van der Waals surface area (Å²) in [5, 5.41) is 8.37. The van der Waals surface area contributed by atoms with Gasteiger partial charge in [-0.05, 0) is 84.9 Å². The Hall–Kier alpha value is -3.59. The molecule has 0 fully saturated rings. The van der Waals surface area contributed by atoms with Crippen molar-refractivity contribution in [2.45, 2.75) is 32.5 Å². The van der Waals surface area contributed by atoms with E-state index in [1.54, 1.807) is 24.2 Å². The Labute approximate surface area is 248 Å². The van der Waals surface area contributed by atoms with Crippen molar-refractivity contribution < 1.29 is 13.5 Å². The van der Waals surface area contributed by atoms with E-state index in [0.717, 1.165) is 63.7 Å². The highest BCUT2D eigenvalue weighted by Gasteiger charge is 2.16. The van der Waals surface area contributed by atoms with Crippen molar-refractivity contribution in [2.75, 3.05) is 23.9 Å². The van der Waals surface area contributed by atoms with E-state index < -0.39 is 0 Å². The third kappa shape index (κ3) is 7.38. The number of fused-ring (bicyclic) bond motifs is 1. The van der Waals surface area contributed by atoms with E-state index in [1.165, 1.54) is 12.1 Å². The summed E-state index contributed by atoms with van der Waals surface area (Å²) < 4.78 is 25.5. The summed E-state index contributed by atoms with van der Waals surface area (Å²) in [6.45, 7) is 3.84. The van der Waals surface area contributed by atoms with Crippen molar-refractivity contribution in [1.82, 2.24) is 15.3 Å². The fourth-order valence-corrected chi connectivity index (χ4v) is 5.39. The first-order chi connectivity index (χ1) is 20.0. The van der Waals surface area contributed by atoms with Crippen LogP contribution in [0.5, 0.6) is 5.75 Å². The molecule has 3 aromatic carbocycles. The number of benzene rings is 3. The lowest BCUT2D eigenvalue weighted by molar-refractivity contribution is 0.305. The number of hydrogen-bond donors (Lipinski definition) is 2. The van der Waals surface area contributed by atoms with Crippen molar-refractivity contribution in [2.24, 2.45) is 0 Å². The molecule has 0 radical (unpaired) electrons. The molecular formula is C32H32ClFN4O2S. The Morgan fingerprint density at radius 3 is 2.73 bits per heavy atom. The molecule has 2 N–H and O–H groups in total. The Balaban J connectivity index is 1.29. The van der Waals surface area contributed by atoms with Gasteiger partial charge in [-0.3, -0.25) is 0 Å².